The van der Waals surface area contributed by atoms with Gasteiger partial charge in [-0.3, -0.25) is 0 Å². The summed E-state index contributed by atoms with van der Waals surface area (Å²) in [6, 6.07) is 0. The van der Waals surface area contributed by atoms with Crippen LogP contribution in [0.15, 0.2) is 23.3 Å². The van der Waals surface area contributed by atoms with Crippen LogP contribution in [-0.4, -0.2) is 0 Å². The van der Waals surface area contributed by atoms with Crippen LogP contribution in [-0.2, 0) is 0 Å². The quantitative estimate of drug-likeness (QED) is 0.549. The van der Waals surface area contributed by atoms with Crippen molar-refractivity contribution in [1.82, 2.24) is 0 Å². The van der Waals surface area contributed by atoms with Crippen molar-refractivity contribution in [3.8, 4) is 0 Å². The van der Waals surface area contributed by atoms with Crippen LogP contribution >= 0.6 is 0 Å². The van der Waals surface area contributed by atoms with Gasteiger partial charge in [-0.2, -0.15) is 0 Å². The third-order valence-electron chi connectivity index (χ3n) is 7.03. The number of rotatable bonds is 1. The summed E-state index contributed by atoms with van der Waals surface area (Å²) < 4.78 is 0. The molecule has 0 aliphatic heterocycles. The maximum Gasteiger partial charge on any atom is -0.00514 e. The lowest BCUT2D eigenvalue weighted by Crippen LogP contribution is -2.51. The molecule has 4 atom stereocenters. The Hall–Kier alpha value is -0.520. The first-order chi connectivity index (χ1) is 9.03. The van der Waals surface area contributed by atoms with E-state index in [4.69, 9.17) is 0 Å². The molecule has 1 saturated carbocycles. The lowest BCUT2D eigenvalue weighted by Gasteiger charge is -2.60. The molecule has 0 saturated heterocycles. The SMILES string of the molecule is CCC12CCC3=C(CC(C)C=C3)[C@@]1(C)CCCC2C. The fourth-order valence-electron chi connectivity index (χ4n) is 5.79. The van der Waals surface area contributed by atoms with Crippen LogP contribution in [0.1, 0.15) is 72.6 Å². The summed E-state index contributed by atoms with van der Waals surface area (Å²) in [7, 11) is 0. The van der Waals surface area contributed by atoms with Gasteiger partial charge in [-0.05, 0) is 60.3 Å². The maximum atomic E-state index is 2.62. The zero-order valence-corrected chi connectivity index (χ0v) is 13.3. The Balaban J connectivity index is 2.10. The third kappa shape index (κ3) is 1.71. The Kier molecular flexibility index (Phi) is 3.19. The summed E-state index contributed by atoms with van der Waals surface area (Å²) in [5.74, 6) is 1.66. The highest BCUT2D eigenvalue weighted by atomic mass is 14.6. The molecule has 3 unspecified atom stereocenters. The molecule has 0 heterocycles. The van der Waals surface area contributed by atoms with Crippen LogP contribution in [0.2, 0.25) is 0 Å². The second-order valence-electron chi connectivity index (χ2n) is 7.68. The van der Waals surface area contributed by atoms with Crippen LogP contribution in [0, 0.1) is 22.7 Å². The number of hydrogen-bond acceptors (Lipinski definition) is 0. The van der Waals surface area contributed by atoms with Crippen LogP contribution < -0.4 is 0 Å². The summed E-state index contributed by atoms with van der Waals surface area (Å²) in [5, 5.41) is 0. The standard InChI is InChI=1S/C19H30/c1-5-19-12-10-16-9-8-14(2)13-17(16)18(19,4)11-6-7-15(19)3/h8-9,14-15H,5-7,10-13H2,1-4H3/t14?,15?,18-,19?/m1/s1. The van der Waals surface area contributed by atoms with Crippen LogP contribution in [0.5, 0.6) is 0 Å². The highest BCUT2D eigenvalue weighted by Crippen LogP contribution is 2.65. The molecule has 0 aromatic carbocycles. The van der Waals surface area contributed by atoms with E-state index in [9.17, 15) is 0 Å². The van der Waals surface area contributed by atoms with Crippen LogP contribution in [0.25, 0.3) is 0 Å². The van der Waals surface area contributed by atoms with E-state index in [2.05, 4.69) is 39.8 Å². The van der Waals surface area contributed by atoms with Gasteiger partial charge in [0.2, 0.25) is 0 Å². The van der Waals surface area contributed by atoms with Gasteiger partial charge >= 0.3 is 0 Å². The highest BCUT2D eigenvalue weighted by molar-refractivity contribution is 5.39. The second kappa shape index (κ2) is 4.50. The first-order valence-corrected chi connectivity index (χ1v) is 8.44. The molecular weight excluding hydrogens is 228 g/mol. The highest BCUT2D eigenvalue weighted by Gasteiger charge is 2.55. The summed E-state index contributed by atoms with van der Waals surface area (Å²) in [6.45, 7) is 9.99. The first-order valence-electron chi connectivity index (χ1n) is 8.44. The van der Waals surface area contributed by atoms with E-state index in [1.165, 1.54) is 44.9 Å². The molecular formula is C19H30. The van der Waals surface area contributed by atoms with Gasteiger partial charge in [-0.25, -0.2) is 0 Å². The fourth-order valence-corrected chi connectivity index (χ4v) is 5.79. The largest absolute Gasteiger partial charge is 0.0811 e. The second-order valence-corrected chi connectivity index (χ2v) is 7.68. The molecule has 0 amide bonds. The molecule has 0 radical (unpaired) electrons. The lowest BCUT2D eigenvalue weighted by molar-refractivity contribution is -0.0437. The molecule has 0 aromatic heterocycles. The summed E-state index contributed by atoms with van der Waals surface area (Å²) in [4.78, 5) is 0. The maximum absolute atomic E-state index is 2.62. The first kappa shape index (κ1) is 13.5. The zero-order chi connectivity index (χ0) is 13.7. The fraction of sp³-hybridized carbons (Fsp3) is 0.789. The van der Waals surface area contributed by atoms with Gasteiger partial charge in [0.1, 0.15) is 0 Å². The molecule has 106 valence electrons. The van der Waals surface area contributed by atoms with E-state index < -0.39 is 0 Å². The van der Waals surface area contributed by atoms with E-state index in [0.717, 1.165) is 11.8 Å². The number of allylic oxidation sites excluding steroid dienone is 4. The minimum Gasteiger partial charge on any atom is -0.0811 e. The number of hydrogen-bond donors (Lipinski definition) is 0. The van der Waals surface area contributed by atoms with Crippen molar-refractivity contribution in [1.29, 1.82) is 0 Å². The van der Waals surface area contributed by atoms with Crippen molar-refractivity contribution in [2.45, 2.75) is 72.6 Å². The minimum absolute atomic E-state index is 0.492. The van der Waals surface area contributed by atoms with Crippen molar-refractivity contribution in [3.05, 3.63) is 23.3 Å². The molecule has 0 aromatic rings. The van der Waals surface area contributed by atoms with Gasteiger partial charge in [-0.15, -0.1) is 0 Å². The predicted octanol–water partition coefficient (Wildman–Crippen LogP) is 5.90. The van der Waals surface area contributed by atoms with Gasteiger partial charge in [0.25, 0.3) is 0 Å². The van der Waals surface area contributed by atoms with E-state index in [-0.39, 0.29) is 0 Å². The smallest absolute Gasteiger partial charge is 0.00514 e. The van der Waals surface area contributed by atoms with E-state index in [1.807, 2.05) is 5.57 Å². The number of fused-ring (bicyclic) bond motifs is 2. The normalized spacial score (nSPS) is 45.9. The van der Waals surface area contributed by atoms with Gasteiger partial charge in [-0.1, -0.05) is 58.3 Å². The van der Waals surface area contributed by atoms with E-state index in [0.29, 0.717) is 10.8 Å². The average molecular weight is 258 g/mol. The summed E-state index contributed by atoms with van der Waals surface area (Å²) in [5.41, 5.74) is 4.64. The van der Waals surface area contributed by atoms with Crippen LogP contribution in [0.3, 0.4) is 0 Å². The van der Waals surface area contributed by atoms with E-state index in [1.54, 1.807) is 5.57 Å². The Morgan fingerprint density at radius 2 is 2.05 bits per heavy atom. The van der Waals surface area contributed by atoms with Crippen LogP contribution in [0.4, 0.5) is 0 Å². The van der Waals surface area contributed by atoms with Gasteiger partial charge in [0.05, 0.1) is 0 Å². The van der Waals surface area contributed by atoms with Gasteiger partial charge in [0, 0.05) is 0 Å². The zero-order valence-electron chi connectivity index (χ0n) is 13.3. The Labute approximate surface area is 119 Å². The lowest BCUT2D eigenvalue weighted by atomic mass is 9.44. The van der Waals surface area contributed by atoms with E-state index >= 15 is 0 Å². The molecule has 3 aliphatic carbocycles. The Morgan fingerprint density at radius 3 is 2.79 bits per heavy atom. The van der Waals surface area contributed by atoms with Gasteiger partial charge in [0.15, 0.2) is 0 Å². The Bertz CT molecular complexity index is 427. The third-order valence-corrected chi connectivity index (χ3v) is 7.03. The van der Waals surface area contributed by atoms with Gasteiger partial charge < -0.3 is 0 Å². The predicted molar refractivity (Wildman–Crippen MR) is 83.0 cm³/mol. The van der Waals surface area contributed by atoms with Crippen molar-refractivity contribution in [2.75, 3.05) is 0 Å². The molecule has 19 heavy (non-hydrogen) atoms. The minimum atomic E-state index is 0.492. The topological polar surface area (TPSA) is 0 Å². The van der Waals surface area contributed by atoms with Crippen molar-refractivity contribution in [2.24, 2.45) is 22.7 Å². The molecule has 0 spiro atoms. The Morgan fingerprint density at radius 1 is 1.26 bits per heavy atom. The molecule has 0 heteroatoms. The molecule has 0 bridgehead atoms. The molecule has 3 aliphatic rings. The molecule has 3 rings (SSSR count). The monoisotopic (exact) mass is 258 g/mol. The average Bonchev–Trinajstić information content (AvgIpc) is 2.40. The van der Waals surface area contributed by atoms with Crippen molar-refractivity contribution < 1.29 is 0 Å². The summed E-state index contributed by atoms with van der Waals surface area (Å²) in [6.07, 6.45) is 14.7. The van der Waals surface area contributed by atoms with Crippen molar-refractivity contribution in [3.63, 3.8) is 0 Å². The molecule has 0 N–H and O–H groups in total. The summed E-state index contributed by atoms with van der Waals surface area (Å²) >= 11 is 0. The molecule has 0 nitrogen and oxygen atoms in total. The van der Waals surface area contributed by atoms with Crippen molar-refractivity contribution >= 4 is 0 Å². The molecule has 1 fully saturated rings.